The summed E-state index contributed by atoms with van der Waals surface area (Å²) in [5, 5.41) is 8.21. The third-order valence-corrected chi connectivity index (χ3v) is 5.50. The van der Waals surface area contributed by atoms with Crippen molar-refractivity contribution < 1.29 is 28.7 Å². The number of ether oxygens (including phenoxy) is 1. The summed E-state index contributed by atoms with van der Waals surface area (Å²) in [4.78, 5) is 62.2. The summed E-state index contributed by atoms with van der Waals surface area (Å²) in [6.07, 6.45) is 2.19. The molecule has 2 fully saturated rings. The minimum atomic E-state index is -1.05. The van der Waals surface area contributed by atoms with Crippen LogP contribution in [0, 0.1) is 0 Å². The number of hydrogen-bond acceptors (Lipinski definition) is 7. The zero-order valence-electron chi connectivity index (χ0n) is 16.6. The molecule has 0 spiro atoms. The summed E-state index contributed by atoms with van der Waals surface area (Å²) in [5.74, 6) is -2.63. The van der Waals surface area contributed by atoms with Gasteiger partial charge in [-0.15, -0.1) is 12.4 Å². The SMILES string of the molecule is Cl.O=C(COc1cccc2c1C(=O)N(C1CCC(=O)NC1=O)C2=O)NC[C@@H]1CCCN1. The van der Waals surface area contributed by atoms with E-state index < -0.39 is 29.7 Å². The van der Waals surface area contributed by atoms with Crippen molar-refractivity contribution in [2.24, 2.45) is 0 Å². The van der Waals surface area contributed by atoms with Crippen LogP contribution >= 0.6 is 12.4 Å². The molecule has 3 heterocycles. The zero-order valence-corrected chi connectivity index (χ0v) is 17.5. The van der Waals surface area contributed by atoms with Gasteiger partial charge in [0.05, 0.1) is 11.1 Å². The first-order valence-corrected chi connectivity index (χ1v) is 9.93. The van der Waals surface area contributed by atoms with Gasteiger partial charge >= 0.3 is 0 Å². The number of piperidine rings is 1. The number of halogens is 1. The van der Waals surface area contributed by atoms with Crippen molar-refractivity contribution in [1.82, 2.24) is 20.9 Å². The molecule has 2 saturated heterocycles. The number of fused-ring (bicyclic) bond motifs is 1. The fraction of sp³-hybridized carbons (Fsp3) is 0.450. The van der Waals surface area contributed by atoms with Crippen LogP contribution in [0.15, 0.2) is 18.2 Å². The molecule has 2 atom stereocenters. The molecule has 31 heavy (non-hydrogen) atoms. The molecule has 0 bridgehead atoms. The number of amides is 5. The summed E-state index contributed by atoms with van der Waals surface area (Å²) in [7, 11) is 0. The number of nitrogens with one attached hydrogen (secondary N) is 3. The van der Waals surface area contributed by atoms with Crippen molar-refractivity contribution >= 4 is 41.9 Å². The predicted octanol–water partition coefficient (Wildman–Crippen LogP) is -0.243. The van der Waals surface area contributed by atoms with Crippen molar-refractivity contribution in [3.8, 4) is 5.75 Å². The lowest BCUT2D eigenvalue weighted by molar-refractivity contribution is -0.136. The van der Waals surface area contributed by atoms with Crippen LogP contribution in [0.2, 0.25) is 0 Å². The Morgan fingerprint density at radius 3 is 2.68 bits per heavy atom. The third-order valence-electron chi connectivity index (χ3n) is 5.50. The molecule has 0 aromatic heterocycles. The Labute approximate surface area is 184 Å². The Hall–Kier alpha value is -2.98. The van der Waals surface area contributed by atoms with Crippen LogP contribution in [0.1, 0.15) is 46.4 Å². The normalized spacial score (nSPS) is 22.6. The number of nitrogens with zero attached hydrogens (tertiary/aromatic N) is 1. The van der Waals surface area contributed by atoms with Crippen molar-refractivity contribution in [2.75, 3.05) is 19.7 Å². The molecule has 1 aromatic carbocycles. The monoisotopic (exact) mass is 450 g/mol. The summed E-state index contributed by atoms with van der Waals surface area (Å²) in [6.45, 7) is 1.13. The van der Waals surface area contributed by atoms with Crippen molar-refractivity contribution in [2.45, 2.75) is 37.8 Å². The zero-order chi connectivity index (χ0) is 21.3. The number of carbonyl (C=O) groups excluding carboxylic acids is 5. The van der Waals surface area contributed by atoms with E-state index in [2.05, 4.69) is 16.0 Å². The molecule has 10 nitrogen and oxygen atoms in total. The van der Waals surface area contributed by atoms with Gasteiger partial charge in [0.15, 0.2) is 6.61 Å². The third kappa shape index (κ3) is 4.54. The number of benzene rings is 1. The van der Waals surface area contributed by atoms with E-state index in [0.717, 1.165) is 24.3 Å². The van der Waals surface area contributed by atoms with Crippen LogP contribution < -0.4 is 20.7 Å². The first-order chi connectivity index (χ1) is 14.5. The maximum absolute atomic E-state index is 13.0. The molecule has 4 rings (SSSR count). The van der Waals surface area contributed by atoms with Gasteiger partial charge in [-0.3, -0.25) is 34.2 Å². The number of imide groups is 2. The van der Waals surface area contributed by atoms with E-state index in [0.29, 0.717) is 6.54 Å². The van der Waals surface area contributed by atoms with Gasteiger partial charge in [0, 0.05) is 19.0 Å². The topological polar surface area (TPSA) is 134 Å². The second-order valence-electron chi connectivity index (χ2n) is 7.51. The number of hydrogen-bond donors (Lipinski definition) is 3. The molecule has 1 aromatic rings. The highest BCUT2D eigenvalue weighted by molar-refractivity contribution is 6.24. The van der Waals surface area contributed by atoms with Crippen molar-refractivity contribution in [3.63, 3.8) is 0 Å². The van der Waals surface area contributed by atoms with Crippen LogP contribution in [-0.2, 0) is 14.4 Å². The van der Waals surface area contributed by atoms with Gasteiger partial charge < -0.3 is 15.4 Å². The first kappa shape index (κ1) is 22.7. The van der Waals surface area contributed by atoms with Gasteiger partial charge in [-0.1, -0.05) is 6.07 Å². The van der Waals surface area contributed by atoms with Crippen molar-refractivity contribution in [1.29, 1.82) is 0 Å². The molecular weight excluding hydrogens is 428 g/mol. The maximum Gasteiger partial charge on any atom is 0.266 e. The molecule has 0 saturated carbocycles. The average molecular weight is 451 g/mol. The first-order valence-electron chi connectivity index (χ1n) is 9.93. The Morgan fingerprint density at radius 1 is 1.16 bits per heavy atom. The van der Waals surface area contributed by atoms with E-state index in [1.807, 2.05) is 0 Å². The molecule has 0 radical (unpaired) electrons. The van der Waals surface area contributed by atoms with E-state index in [9.17, 15) is 24.0 Å². The smallest absolute Gasteiger partial charge is 0.266 e. The molecular formula is C20H23ClN4O6. The lowest BCUT2D eigenvalue weighted by atomic mass is 10.0. The second-order valence-corrected chi connectivity index (χ2v) is 7.51. The minimum absolute atomic E-state index is 0. The number of carbonyl (C=O) groups is 5. The summed E-state index contributed by atoms with van der Waals surface area (Å²) in [5.41, 5.74) is 0.134. The van der Waals surface area contributed by atoms with Gasteiger partial charge in [-0.25, -0.2) is 0 Å². The Bertz CT molecular complexity index is 930. The van der Waals surface area contributed by atoms with Crippen LogP contribution in [0.25, 0.3) is 0 Å². The largest absolute Gasteiger partial charge is 0.483 e. The van der Waals surface area contributed by atoms with E-state index in [1.165, 1.54) is 12.1 Å². The van der Waals surface area contributed by atoms with Crippen LogP contribution in [0.3, 0.4) is 0 Å². The molecule has 5 amide bonds. The molecule has 3 N–H and O–H groups in total. The molecule has 1 unspecified atom stereocenters. The van der Waals surface area contributed by atoms with Crippen LogP contribution in [0.5, 0.6) is 5.75 Å². The summed E-state index contributed by atoms with van der Waals surface area (Å²) in [6, 6.07) is 3.72. The second kappa shape index (κ2) is 9.44. The number of rotatable bonds is 6. The molecule has 3 aliphatic rings. The molecule has 0 aliphatic carbocycles. The highest BCUT2D eigenvalue weighted by Crippen LogP contribution is 2.33. The van der Waals surface area contributed by atoms with Crippen LogP contribution in [-0.4, -0.2) is 66.2 Å². The lowest BCUT2D eigenvalue weighted by Crippen LogP contribution is -2.54. The van der Waals surface area contributed by atoms with Gasteiger partial charge in [-0.2, -0.15) is 0 Å². The Morgan fingerprint density at radius 2 is 1.97 bits per heavy atom. The fourth-order valence-electron chi connectivity index (χ4n) is 3.97. The predicted molar refractivity (Wildman–Crippen MR) is 110 cm³/mol. The van der Waals surface area contributed by atoms with E-state index in [1.54, 1.807) is 6.07 Å². The Balaban J connectivity index is 0.00000272. The Kier molecular flexibility index (Phi) is 6.91. The lowest BCUT2D eigenvalue weighted by Gasteiger charge is -2.27. The fourth-order valence-corrected chi connectivity index (χ4v) is 3.97. The molecule has 11 heteroatoms. The van der Waals surface area contributed by atoms with Crippen molar-refractivity contribution in [3.05, 3.63) is 29.3 Å². The quantitative estimate of drug-likeness (QED) is 0.509. The van der Waals surface area contributed by atoms with Gasteiger partial charge in [-0.05, 0) is 37.9 Å². The highest BCUT2D eigenvalue weighted by Gasteiger charge is 2.46. The average Bonchev–Trinajstić information content (AvgIpc) is 3.33. The highest BCUT2D eigenvalue weighted by atomic mass is 35.5. The van der Waals surface area contributed by atoms with Gasteiger partial charge in [0.2, 0.25) is 11.8 Å². The summed E-state index contributed by atoms with van der Waals surface area (Å²) < 4.78 is 5.54. The van der Waals surface area contributed by atoms with E-state index >= 15 is 0 Å². The maximum atomic E-state index is 13.0. The van der Waals surface area contributed by atoms with Crippen LogP contribution in [0.4, 0.5) is 0 Å². The van der Waals surface area contributed by atoms with E-state index in [4.69, 9.17) is 4.74 Å². The van der Waals surface area contributed by atoms with E-state index in [-0.39, 0.29) is 60.7 Å². The minimum Gasteiger partial charge on any atom is -0.483 e. The molecule has 3 aliphatic heterocycles. The molecule has 166 valence electrons. The standard InChI is InChI=1S/C20H22N4O6.ClH/c25-15-7-6-13(18(27)23-15)24-19(28)12-4-1-5-14(17(12)20(24)29)30-10-16(26)22-9-11-3-2-8-21-11;/h1,4-5,11,13,21H,2-3,6-10H2,(H,22,26)(H,23,25,27);1H/t11-,13?;/m0./s1. The van der Waals surface area contributed by atoms with Gasteiger partial charge in [0.25, 0.3) is 17.7 Å². The summed E-state index contributed by atoms with van der Waals surface area (Å²) >= 11 is 0. The van der Waals surface area contributed by atoms with Gasteiger partial charge in [0.1, 0.15) is 11.8 Å².